The highest BCUT2D eigenvalue weighted by Crippen LogP contribution is 2.24. The van der Waals surface area contributed by atoms with Gasteiger partial charge in [0.15, 0.2) is 0 Å². The first kappa shape index (κ1) is 18.9. The van der Waals surface area contributed by atoms with E-state index in [0.29, 0.717) is 10.7 Å². The van der Waals surface area contributed by atoms with Crippen molar-refractivity contribution in [1.82, 2.24) is 24.7 Å². The standard InChI is InChI=1S/C20H26N6OS/c1-4-7-16-18(14(2)22-25-12-10-24(3)11-13-25)19(27)26(23-16)20-21-15-8-5-6-9-17(15)28-20/h5-6,8-9,23H,4,7,10-13H2,1-3H3. The van der Waals surface area contributed by atoms with Gasteiger partial charge in [0.05, 0.1) is 21.5 Å². The van der Waals surface area contributed by atoms with Gasteiger partial charge in [0, 0.05) is 31.9 Å². The number of aryl methyl sites for hydroxylation is 1. The maximum absolute atomic E-state index is 13.3. The summed E-state index contributed by atoms with van der Waals surface area (Å²) in [5, 5.41) is 10.8. The lowest BCUT2D eigenvalue weighted by atomic mass is 10.1. The summed E-state index contributed by atoms with van der Waals surface area (Å²) >= 11 is 1.52. The molecule has 1 aliphatic heterocycles. The van der Waals surface area contributed by atoms with Crippen LogP contribution < -0.4 is 5.56 Å². The van der Waals surface area contributed by atoms with Crippen LogP contribution in [0.5, 0.6) is 0 Å². The number of hydrogen-bond donors (Lipinski definition) is 1. The number of hydrazone groups is 1. The topological polar surface area (TPSA) is 69.5 Å². The third kappa shape index (κ3) is 3.62. The summed E-state index contributed by atoms with van der Waals surface area (Å²) in [5.74, 6) is 0. The van der Waals surface area contributed by atoms with E-state index in [4.69, 9.17) is 5.10 Å². The lowest BCUT2D eigenvalue weighted by molar-refractivity contribution is 0.159. The van der Waals surface area contributed by atoms with Gasteiger partial charge in [0.2, 0.25) is 5.13 Å². The van der Waals surface area contributed by atoms with Crippen LogP contribution in [-0.2, 0) is 6.42 Å². The Morgan fingerprint density at radius 1 is 1.25 bits per heavy atom. The smallest absolute Gasteiger partial charge is 0.282 e. The monoisotopic (exact) mass is 398 g/mol. The number of hydrogen-bond acceptors (Lipinski definition) is 6. The molecule has 1 aliphatic rings. The highest BCUT2D eigenvalue weighted by molar-refractivity contribution is 7.20. The molecule has 3 aromatic rings. The number of rotatable bonds is 5. The van der Waals surface area contributed by atoms with Crippen LogP contribution in [0.2, 0.25) is 0 Å². The van der Waals surface area contributed by atoms with E-state index in [-0.39, 0.29) is 5.56 Å². The van der Waals surface area contributed by atoms with Crippen LogP contribution in [0.25, 0.3) is 15.3 Å². The number of aromatic nitrogens is 3. The Labute approximate surface area is 168 Å². The van der Waals surface area contributed by atoms with Crippen LogP contribution in [0, 0.1) is 0 Å². The van der Waals surface area contributed by atoms with Gasteiger partial charge < -0.3 is 4.90 Å². The third-order valence-corrected chi connectivity index (χ3v) is 6.09. The van der Waals surface area contributed by atoms with Gasteiger partial charge in [-0.05, 0) is 32.5 Å². The molecule has 8 heteroatoms. The Bertz CT molecular complexity index is 1020. The van der Waals surface area contributed by atoms with Crippen molar-refractivity contribution < 1.29 is 0 Å². The highest BCUT2D eigenvalue weighted by Gasteiger charge is 2.21. The number of H-pyrrole nitrogens is 1. The van der Waals surface area contributed by atoms with E-state index in [1.807, 2.05) is 31.2 Å². The maximum Gasteiger partial charge on any atom is 0.282 e. The van der Waals surface area contributed by atoms with E-state index in [0.717, 1.165) is 60.6 Å². The number of nitrogens with one attached hydrogen (secondary N) is 1. The molecule has 0 amide bonds. The molecule has 7 nitrogen and oxygen atoms in total. The van der Waals surface area contributed by atoms with E-state index in [9.17, 15) is 4.79 Å². The summed E-state index contributed by atoms with van der Waals surface area (Å²) in [6.07, 6.45) is 1.76. The van der Waals surface area contributed by atoms with Crippen LogP contribution in [0.1, 0.15) is 31.5 Å². The molecule has 0 atom stereocenters. The van der Waals surface area contributed by atoms with Gasteiger partial charge >= 0.3 is 0 Å². The number of aromatic amines is 1. The van der Waals surface area contributed by atoms with Gasteiger partial charge in [-0.3, -0.25) is 14.9 Å². The average molecular weight is 399 g/mol. The van der Waals surface area contributed by atoms with Crippen molar-refractivity contribution in [1.29, 1.82) is 0 Å². The summed E-state index contributed by atoms with van der Waals surface area (Å²) in [6, 6.07) is 7.95. The summed E-state index contributed by atoms with van der Waals surface area (Å²) in [5.41, 5.74) is 3.22. The van der Waals surface area contributed by atoms with E-state index < -0.39 is 0 Å². The van der Waals surface area contributed by atoms with Crippen LogP contribution in [0.3, 0.4) is 0 Å². The number of thiazole rings is 1. The minimum atomic E-state index is -0.0714. The minimum absolute atomic E-state index is 0.0714. The van der Waals surface area contributed by atoms with Crippen molar-refractivity contribution in [3.05, 3.63) is 45.9 Å². The second kappa shape index (κ2) is 7.89. The molecule has 28 heavy (non-hydrogen) atoms. The number of nitrogens with zero attached hydrogens (tertiary/aromatic N) is 5. The molecular weight excluding hydrogens is 372 g/mol. The first-order chi connectivity index (χ1) is 13.6. The molecule has 0 spiro atoms. The predicted molar refractivity (Wildman–Crippen MR) is 115 cm³/mol. The largest absolute Gasteiger partial charge is 0.303 e. The molecule has 0 aliphatic carbocycles. The normalized spacial score (nSPS) is 16.2. The molecule has 3 heterocycles. The second-order valence-electron chi connectivity index (χ2n) is 7.26. The van der Waals surface area contributed by atoms with Gasteiger partial charge in [0.25, 0.3) is 5.56 Å². The number of piperazine rings is 1. The fourth-order valence-electron chi connectivity index (χ4n) is 3.53. The molecule has 148 valence electrons. The number of para-hydroxylation sites is 1. The Morgan fingerprint density at radius 2 is 2.00 bits per heavy atom. The van der Waals surface area contributed by atoms with Gasteiger partial charge in [-0.15, -0.1) is 0 Å². The van der Waals surface area contributed by atoms with E-state index in [1.54, 1.807) is 4.68 Å². The Balaban J connectivity index is 1.73. The Kier molecular flexibility index (Phi) is 5.32. The molecule has 1 fully saturated rings. The third-order valence-electron chi connectivity index (χ3n) is 5.07. The molecule has 0 bridgehead atoms. The summed E-state index contributed by atoms with van der Waals surface area (Å²) in [4.78, 5) is 20.2. The van der Waals surface area contributed by atoms with Crippen molar-refractivity contribution in [3.8, 4) is 5.13 Å². The van der Waals surface area contributed by atoms with Crippen molar-refractivity contribution in [2.45, 2.75) is 26.7 Å². The lowest BCUT2D eigenvalue weighted by Gasteiger charge is -2.30. The quantitative estimate of drug-likeness (QED) is 0.671. The van der Waals surface area contributed by atoms with Crippen LogP contribution in [0.4, 0.5) is 0 Å². The molecular formula is C20H26N6OS. The Hall–Kier alpha value is -2.45. The van der Waals surface area contributed by atoms with Crippen molar-refractivity contribution in [3.63, 3.8) is 0 Å². The van der Waals surface area contributed by atoms with E-state index >= 15 is 0 Å². The van der Waals surface area contributed by atoms with E-state index in [2.05, 4.69) is 34.0 Å². The van der Waals surface area contributed by atoms with Gasteiger partial charge in [-0.25, -0.2) is 4.98 Å². The zero-order chi connectivity index (χ0) is 19.7. The molecule has 0 radical (unpaired) electrons. The lowest BCUT2D eigenvalue weighted by Crippen LogP contribution is -2.42. The SMILES string of the molecule is CCCc1[nH]n(-c2nc3ccccc3s2)c(=O)c1C(C)=NN1CCN(C)CC1. The number of fused-ring (bicyclic) bond motifs is 1. The van der Waals surface area contributed by atoms with Crippen LogP contribution >= 0.6 is 11.3 Å². The average Bonchev–Trinajstić information content (AvgIpc) is 3.24. The summed E-state index contributed by atoms with van der Waals surface area (Å²) in [6.45, 7) is 7.79. The molecule has 1 N–H and O–H groups in total. The first-order valence-electron chi connectivity index (χ1n) is 9.75. The number of likely N-dealkylation sites (N-methyl/N-ethyl adjacent to an activating group) is 1. The van der Waals surface area contributed by atoms with Gasteiger partial charge in [-0.1, -0.05) is 36.8 Å². The van der Waals surface area contributed by atoms with Crippen LogP contribution in [0.15, 0.2) is 34.2 Å². The fourth-order valence-corrected chi connectivity index (χ4v) is 4.46. The van der Waals surface area contributed by atoms with Gasteiger partial charge in [0.1, 0.15) is 0 Å². The molecule has 0 saturated carbocycles. The van der Waals surface area contributed by atoms with Crippen molar-refractivity contribution >= 4 is 27.3 Å². The summed E-state index contributed by atoms with van der Waals surface area (Å²) < 4.78 is 2.65. The second-order valence-corrected chi connectivity index (χ2v) is 8.27. The zero-order valence-corrected chi connectivity index (χ0v) is 17.4. The first-order valence-corrected chi connectivity index (χ1v) is 10.6. The molecule has 0 unspecified atom stereocenters. The fraction of sp³-hybridized carbons (Fsp3) is 0.450. The molecule has 1 aromatic carbocycles. The van der Waals surface area contributed by atoms with Gasteiger partial charge in [-0.2, -0.15) is 9.78 Å². The van der Waals surface area contributed by atoms with Crippen LogP contribution in [-0.4, -0.2) is 63.6 Å². The van der Waals surface area contributed by atoms with E-state index in [1.165, 1.54) is 11.3 Å². The Morgan fingerprint density at radius 3 is 2.71 bits per heavy atom. The molecule has 1 saturated heterocycles. The summed E-state index contributed by atoms with van der Waals surface area (Å²) in [7, 11) is 2.12. The van der Waals surface area contributed by atoms with Crippen molar-refractivity contribution in [2.24, 2.45) is 5.10 Å². The predicted octanol–water partition coefficient (Wildman–Crippen LogP) is 2.70. The highest BCUT2D eigenvalue weighted by atomic mass is 32.1. The maximum atomic E-state index is 13.3. The molecule has 4 rings (SSSR count). The number of benzene rings is 1. The van der Waals surface area contributed by atoms with Crippen molar-refractivity contribution in [2.75, 3.05) is 33.2 Å². The zero-order valence-electron chi connectivity index (χ0n) is 16.6. The molecule has 2 aromatic heterocycles. The minimum Gasteiger partial charge on any atom is -0.303 e.